The van der Waals surface area contributed by atoms with Crippen LogP contribution in [0.4, 0.5) is 0 Å². The van der Waals surface area contributed by atoms with Crippen LogP contribution in [0.15, 0.2) is 60.8 Å². The summed E-state index contributed by atoms with van der Waals surface area (Å²) < 4.78 is 1.87. The number of fused-ring (bicyclic) bond motifs is 1. The lowest BCUT2D eigenvalue weighted by molar-refractivity contribution is -0.126. The van der Waals surface area contributed by atoms with Crippen LogP contribution in [-0.2, 0) is 11.3 Å². The number of pyridine rings is 1. The zero-order valence-electron chi connectivity index (χ0n) is 14.1. The van der Waals surface area contributed by atoms with E-state index in [-0.39, 0.29) is 5.91 Å². The highest BCUT2D eigenvalue weighted by atomic mass is 35.5. The summed E-state index contributed by atoms with van der Waals surface area (Å²) in [5.74, 6) is -0.0346. The number of aromatic nitrogens is 2. The zero-order valence-corrected chi connectivity index (χ0v) is 14.9. The van der Waals surface area contributed by atoms with E-state index in [0.717, 1.165) is 17.6 Å². The molecule has 2 aromatic heterocycles. The second kappa shape index (κ2) is 7.99. The Balaban J connectivity index is 1.80. The quantitative estimate of drug-likeness (QED) is 0.614. The molecule has 0 saturated carbocycles. The molecular formula is C20H20ClN3O. The molecule has 0 aliphatic carbocycles. The Bertz CT molecular complexity index is 886. The van der Waals surface area contributed by atoms with Crippen molar-refractivity contribution >= 4 is 29.2 Å². The summed E-state index contributed by atoms with van der Waals surface area (Å²) in [4.78, 5) is 18.8. The molecule has 3 rings (SSSR count). The number of hydrogen-bond acceptors (Lipinski definition) is 2. The van der Waals surface area contributed by atoms with Crippen molar-refractivity contribution in [3.63, 3.8) is 0 Å². The van der Waals surface area contributed by atoms with E-state index in [0.29, 0.717) is 23.9 Å². The van der Waals surface area contributed by atoms with E-state index >= 15 is 0 Å². The molecular weight excluding hydrogens is 334 g/mol. The number of hydrogen-bond donors (Lipinski definition) is 0. The van der Waals surface area contributed by atoms with Crippen molar-refractivity contribution in [1.29, 1.82) is 0 Å². The first kappa shape index (κ1) is 17.2. The van der Waals surface area contributed by atoms with E-state index in [1.54, 1.807) is 12.2 Å². The molecule has 0 bridgehead atoms. The number of rotatable bonds is 6. The van der Waals surface area contributed by atoms with Crippen molar-refractivity contribution < 1.29 is 4.79 Å². The van der Waals surface area contributed by atoms with Crippen LogP contribution in [0, 0.1) is 0 Å². The summed E-state index contributed by atoms with van der Waals surface area (Å²) in [6, 6.07) is 15.7. The number of amides is 1. The van der Waals surface area contributed by atoms with Crippen LogP contribution < -0.4 is 0 Å². The molecule has 2 heterocycles. The van der Waals surface area contributed by atoms with Crippen LogP contribution in [0.5, 0.6) is 0 Å². The molecule has 5 heteroatoms. The van der Waals surface area contributed by atoms with Gasteiger partial charge in [0.05, 0.1) is 5.69 Å². The Hall–Kier alpha value is -2.59. The lowest BCUT2D eigenvalue weighted by Crippen LogP contribution is -2.29. The Labute approximate surface area is 152 Å². The van der Waals surface area contributed by atoms with Gasteiger partial charge in [0.15, 0.2) is 5.15 Å². The molecule has 25 heavy (non-hydrogen) atoms. The van der Waals surface area contributed by atoms with Crippen molar-refractivity contribution in [1.82, 2.24) is 14.3 Å². The number of nitrogens with zero attached hydrogens (tertiary/aromatic N) is 3. The Morgan fingerprint density at radius 1 is 1.20 bits per heavy atom. The van der Waals surface area contributed by atoms with E-state index in [1.807, 2.05) is 64.0 Å². The largest absolute Gasteiger partial charge is 0.335 e. The minimum Gasteiger partial charge on any atom is -0.335 e. The SMILES string of the molecule is CCCN(Cc1ccccc1)C(=O)/C=C/c1c(Cl)nc2ccccn12. The first-order valence-corrected chi connectivity index (χ1v) is 8.70. The second-order valence-electron chi connectivity index (χ2n) is 5.80. The standard InChI is InChI=1S/C20H20ClN3O/c1-2-13-23(15-16-8-4-3-5-9-16)19(25)12-11-17-20(21)22-18-10-6-7-14-24(17)18/h3-12,14H,2,13,15H2,1H3/b12-11+. The molecule has 3 aromatic rings. The zero-order chi connectivity index (χ0) is 17.6. The maximum Gasteiger partial charge on any atom is 0.246 e. The minimum absolute atomic E-state index is 0.0346. The Morgan fingerprint density at radius 2 is 1.96 bits per heavy atom. The van der Waals surface area contributed by atoms with Gasteiger partial charge in [0.1, 0.15) is 5.65 Å². The van der Waals surface area contributed by atoms with Gasteiger partial charge in [0.2, 0.25) is 5.91 Å². The molecule has 1 amide bonds. The second-order valence-corrected chi connectivity index (χ2v) is 6.15. The van der Waals surface area contributed by atoms with E-state index < -0.39 is 0 Å². The summed E-state index contributed by atoms with van der Waals surface area (Å²) in [5.41, 5.74) is 2.58. The molecule has 0 spiro atoms. The number of imidazole rings is 1. The van der Waals surface area contributed by atoms with E-state index in [9.17, 15) is 4.79 Å². The van der Waals surface area contributed by atoms with Gasteiger partial charge in [-0.15, -0.1) is 0 Å². The third kappa shape index (κ3) is 4.09. The van der Waals surface area contributed by atoms with Crippen molar-refractivity contribution in [2.75, 3.05) is 6.54 Å². The maximum absolute atomic E-state index is 12.6. The Morgan fingerprint density at radius 3 is 2.72 bits per heavy atom. The predicted molar refractivity (Wildman–Crippen MR) is 101 cm³/mol. The van der Waals surface area contributed by atoms with Gasteiger partial charge in [0, 0.05) is 25.4 Å². The topological polar surface area (TPSA) is 37.6 Å². The number of carbonyl (C=O) groups is 1. The van der Waals surface area contributed by atoms with Gasteiger partial charge in [-0.2, -0.15) is 0 Å². The lowest BCUT2D eigenvalue weighted by Gasteiger charge is -2.20. The molecule has 0 aliphatic rings. The van der Waals surface area contributed by atoms with Crippen LogP contribution >= 0.6 is 11.6 Å². The molecule has 0 N–H and O–H groups in total. The summed E-state index contributed by atoms with van der Waals surface area (Å²) in [7, 11) is 0. The first-order valence-electron chi connectivity index (χ1n) is 8.32. The summed E-state index contributed by atoms with van der Waals surface area (Å²) in [6.45, 7) is 3.37. The molecule has 0 fully saturated rings. The van der Waals surface area contributed by atoms with Gasteiger partial charge < -0.3 is 4.90 Å². The van der Waals surface area contributed by atoms with Gasteiger partial charge in [-0.1, -0.05) is 54.9 Å². The molecule has 0 unspecified atom stereocenters. The molecule has 0 saturated heterocycles. The highest BCUT2D eigenvalue weighted by Gasteiger charge is 2.12. The minimum atomic E-state index is -0.0346. The number of halogens is 1. The molecule has 0 aliphatic heterocycles. The van der Waals surface area contributed by atoms with Crippen molar-refractivity contribution in [2.45, 2.75) is 19.9 Å². The number of carbonyl (C=O) groups excluding carboxylic acids is 1. The third-order valence-electron chi connectivity index (χ3n) is 3.93. The van der Waals surface area contributed by atoms with Crippen molar-refractivity contribution in [3.05, 3.63) is 77.2 Å². The molecule has 0 radical (unpaired) electrons. The van der Waals surface area contributed by atoms with Crippen molar-refractivity contribution in [2.24, 2.45) is 0 Å². The molecule has 0 atom stereocenters. The van der Waals surface area contributed by atoms with Gasteiger partial charge in [-0.05, 0) is 30.2 Å². The first-order chi connectivity index (χ1) is 12.2. The number of benzene rings is 1. The fraction of sp³-hybridized carbons (Fsp3) is 0.200. The van der Waals surface area contributed by atoms with Crippen LogP contribution in [0.25, 0.3) is 11.7 Å². The van der Waals surface area contributed by atoms with Gasteiger partial charge >= 0.3 is 0 Å². The van der Waals surface area contributed by atoms with E-state index in [1.165, 1.54) is 0 Å². The molecule has 1 aromatic carbocycles. The highest BCUT2D eigenvalue weighted by Crippen LogP contribution is 2.19. The highest BCUT2D eigenvalue weighted by molar-refractivity contribution is 6.31. The normalized spacial score (nSPS) is 11.3. The Kier molecular flexibility index (Phi) is 5.51. The summed E-state index contributed by atoms with van der Waals surface area (Å²) in [5, 5.41) is 0.389. The van der Waals surface area contributed by atoms with Gasteiger partial charge in [0.25, 0.3) is 0 Å². The van der Waals surface area contributed by atoms with E-state index in [2.05, 4.69) is 11.9 Å². The smallest absolute Gasteiger partial charge is 0.246 e. The predicted octanol–water partition coefficient (Wildman–Crippen LogP) is 4.44. The van der Waals surface area contributed by atoms with Crippen molar-refractivity contribution in [3.8, 4) is 0 Å². The fourth-order valence-electron chi connectivity index (χ4n) is 2.73. The average molecular weight is 354 g/mol. The average Bonchev–Trinajstić information content (AvgIpc) is 2.95. The van der Waals surface area contributed by atoms with Crippen LogP contribution in [0.1, 0.15) is 24.6 Å². The summed E-state index contributed by atoms with van der Waals surface area (Å²) >= 11 is 6.21. The maximum atomic E-state index is 12.6. The van der Waals surface area contributed by atoms with Crippen LogP contribution in [0.3, 0.4) is 0 Å². The monoisotopic (exact) mass is 353 g/mol. The third-order valence-corrected chi connectivity index (χ3v) is 4.21. The van der Waals surface area contributed by atoms with Crippen LogP contribution in [0.2, 0.25) is 5.15 Å². The van der Waals surface area contributed by atoms with E-state index in [4.69, 9.17) is 11.6 Å². The summed E-state index contributed by atoms with van der Waals surface area (Å²) in [6.07, 6.45) is 6.09. The molecule has 4 nitrogen and oxygen atoms in total. The lowest BCUT2D eigenvalue weighted by atomic mass is 10.2. The molecule has 128 valence electrons. The fourth-order valence-corrected chi connectivity index (χ4v) is 2.97. The van der Waals surface area contributed by atoms with Gasteiger partial charge in [-0.25, -0.2) is 4.98 Å². The van der Waals surface area contributed by atoms with Crippen LogP contribution in [-0.4, -0.2) is 26.7 Å². The van der Waals surface area contributed by atoms with Gasteiger partial charge in [-0.3, -0.25) is 9.20 Å².